The lowest BCUT2D eigenvalue weighted by atomic mass is 9.80. The number of hydrogen-bond donors (Lipinski definition) is 0. The van der Waals surface area contributed by atoms with Crippen LogP contribution in [0.25, 0.3) is 110 Å². The van der Waals surface area contributed by atoms with Gasteiger partial charge in [0.15, 0.2) is 0 Å². The van der Waals surface area contributed by atoms with Crippen molar-refractivity contribution < 1.29 is 4.42 Å². The van der Waals surface area contributed by atoms with Crippen LogP contribution in [0.5, 0.6) is 0 Å². The molecule has 12 rings (SSSR count). The predicted octanol–water partition coefficient (Wildman–Crippen LogP) is 15.5. The van der Waals surface area contributed by atoms with Gasteiger partial charge in [0.05, 0.1) is 0 Å². The molecule has 1 aromatic heterocycles. The third kappa shape index (κ3) is 4.31. The van der Waals surface area contributed by atoms with Crippen molar-refractivity contribution in [3.05, 3.63) is 193 Å². The fourth-order valence-corrected chi connectivity index (χ4v) is 10.1. The zero-order valence-corrected chi connectivity index (χ0v) is 31.2. The molecule has 56 heavy (non-hydrogen) atoms. The van der Waals surface area contributed by atoms with Gasteiger partial charge in [0.25, 0.3) is 0 Å². The van der Waals surface area contributed by atoms with Crippen molar-refractivity contribution in [2.24, 2.45) is 0 Å². The largest absolute Gasteiger partial charge is 0.456 e. The van der Waals surface area contributed by atoms with E-state index >= 15 is 0 Å². The van der Waals surface area contributed by atoms with Crippen molar-refractivity contribution in [3.63, 3.8) is 0 Å². The van der Waals surface area contributed by atoms with E-state index < -0.39 is 0 Å². The fraction of sp³-hybridized carbons (Fsp3) is 0.0545. The Balaban J connectivity index is 1.07. The van der Waals surface area contributed by atoms with E-state index in [-0.39, 0.29) is 5.41 Å². The molecule has 0 bridgehead atoms. The minimum Gasteiger partial charge on any atom is -0.456 e. The quantitative estimate of drug-likeness (QED) is 0.166. The summed E-state index contributed by atoms with van der Waals surface area (Å²) in [5, 5.41) is 12.5. The Kier molecular flexibility index (Phi) is 6.46. The molecule has 11 aromatic rings. The van der Waals surface area contributed by atoms with Crippen LogP contribution in [0, 0.1) is 0 Å². The number of hydrogen-bond acceptors (Lipinski definition) is 1. The molecule has 0 atom stereocenters. The van der Waals surface area contributed by atoms with E-state index in [1.54, 1.807) is 0 Å². The average Bonchev–Trinajstić information content (AvgIpc) is 3.75. The van der Waals surface area contributed by atoms with Gasteiger partial charge in [-0.2, -0.15) is 0 Å². The molecule has 1 heterocycles. The van der Waals surface area contributed by atoms with E-state index in [0.717, 1.165) is 11.2 Å². The molecule has 1 aliphatic rings. The Hall–Kier alpha value is -6.96. The van der Waals surface area contributed by atoms with Crippen molar-refractivity contribution in [1.82, 2.24) is 0 Å². The maximum Gasteiger partial charge on any atom is 0.140 e. The standard InChI is InChI=1S/C55H36O/c1-55(2)47-29-28-36(32-46(47)51-43-22-9-10-23-44(43)52-45-24-11-12-25-48(45)56-54(52)53(51)55)35-16-13-17-37(31-35)49-39-18-5-7-20-41(39)50(42-21-8-6-19-40(42)49)38-27-26-33-14-3-4-15-34(33)30-38/h3-32H,1-2H3. The molecular formula is C55H36O. The summed E-state index contributed by atoms with van der Waals surface area (Å²) >= 11 is 0. The van der Waals surface area contributed by atoms with Crippen LogP contribution in [0.2, 0.25) is 0 Å². The molecule has 0 aliphatic heterocycles. The average molecular weight is 713 g/mol. The second-order valence-electron chi connectivity index (χ2n) is 16.0. The second-order valence-corrected chi connectivity index (χ2v) is 16.0. The highest BCUT2D eigenvalue weighted by molar-refractivity contribution is 6.25. The lowest BCUT2D eigenvalue weighted by Gasteiger charge is -2.22. The molecule has 0 N–H and O–H groups in total. The number of rotatable bonds is 3. The van der Waals surface area contributed by atoms with Crippen LogP contribution < -0.4 is 0 Å². The number of benzene rings is 10. The van der Waals surface area contributed by atoms with Gasteiger partial charge < -0.3 is 4.42 Å². The van der Waals surface area contributed by atoms with Gasteiger partial charge in [0.2, 0.25) is 0 Å². The van der Waals surface area contributed by atoms with E-state index in [1.807, 2.05) is 0 Å². The van der Waals surface area contributed by atoms with Gasteiger partial charge in [0, 0.05) is 21.8 Å². The first-order valence-corrected chi connectivity index (χ1v) is 19.6. The van der Waals surface area contributed by atoms with Crippen molar-refractivity contribution in [2.75, 3.05) is 0 Å². The summed E-state index contributed by atoms with van der Waals surface area (Å²) < 4.78 is 6.78. The Bertz CT molecular complexity index is 3390. The lowest BCUT2D eigenvalue weighted by molar-refractivity contribution is 0.620. The van der Waals surface area contributed by atoms with Crippen LogP contribution >= 0.6 is 0 Å². The van der Waals surface area contributed by atoms with Gasteiger partial charge in [-0.25, -0.2) is 0 Å². The highest BCUT2D eigenvalue weighted by Crippen LogP contribution is 2.56. The maximum atomic E-state index is 6.78. The van der Waals surface area contributed by atoms with Crippen LogP contribution in [0.3, 0.4) is 0 Å². The SMILES string of the molecule is CC1(C)c2ccc(-c3cccc(-c4c5ccccc5c(-c5ccc6ccccc6c5)c5ccccc45)c3)cc2-c2c1c1oc3ccccc3c1c1ccccc21. The minimum absolute atomic E-state index is 0.230. The first-order valence-electron chi connectivity index (χ1n) is 19.6. The Morgan fingerprint density at radius 3 is 1.59 bits per heavy atom. The van der Waals surface area contributed by atoms with E-state index in [9.17, 15) is 0 Å². The normalized spacial score (nSPS) is 13.3. The van der Waals surface area contributed by atoms with Gasteiger partial charge >= 0.3 is 0 Å². The third-order valence-corrected chi connectivity index (χ3v) is 12.6. The summed E-state index contributed by atoms with van der Waals surface area (Å²) in [5.41, 5.74) is 14.4. The molecule has 0 radical (unpaired) electrons. The Morgan fingerprint density at radius 1 is 0.375 bits per heavy atom. The van der Waals surface area contributed by atoms with Crippen molar-refractivity contribution >= 4 is 65.0 Å². The highest BCUT2D eigenvalue weighted by Gasteiger charge is 2.40. The zero-order valence-electron chi connectivity index (χ0n) is 31.2. The molecule has 0 unspecified atom stereocenters. The number of para-hydroxylation sites is 1. The monoisotopic (exact) mass is 712 g/mol. The topological polar surface area (TPSA) is 13.1 Å². The Labute approximate surface area is 325 Å². The molecule has 1 heteroatoms. The van der Waals surface area contributed by atoms with Gasteiger partial charge in [0.1, 0.15) is 11.2 Å². The fourth-order valence-electron chi connectivity index (χ4n) is 10.1. The predicted molar refractivity (Wildman–Crippen MR) is 238 cm³/mol. The smallest absolute Gasteiger partial charge is 0.140 e. The number of fused-ring (bicyclic) bond motifs is 13. The summed E-state index contributed by atoms with van der Waals surface area (Å²) in [6.07, 6.45) is 0. The molecule has 0 fully saturated rings. The van der Waals surface area contributed by atoms with Gasteiger partial charge in [-0.05, 0) is 117 Å². The third-order valence-electron chi connectivity index (χ3n) is 12.6. The Morgan fingerprint density at radius 2 is 0.893 bits per heavy atom. The van der Waals surface area contributed by atoms with E-state index in [0.29, 0.717) is 0 Å². The van der Waals surface area contributed by atoms with E-state index in [4.69, 9.17) is 4.42 Å². The van der Waals surface area contributed by atoms with Crippen LogP contribution in [0.15, 0.2) is 186 Å². The van der Waals surface area contributed by atoms with Gasteiger partial charge in [-0.1, -0.05) is 172 Å². The van der Waals surface area contributed by atoms with Crippen LogP contribution in [-0.2, 0) is 5.41 Å². The molecule has 1 nitrogen and oxygen atoms in total. The summed E-state index contributed by atoms with van der Waals surface area (Å²) in [5.74, 6) is 0. The number of furan rings is 1. The van der Waals surface area contributed by atoms with Crippen molar-refractivity contribution in [1.29, 1.82) is 0 Å². The minimum atomic E-state index is -0.230. The first-order chi connectivity index (χ1) is 27.5. The van der Waals surface area contributed by atoms with Crippen molar-refractivity contribution in [2.45, 2.75) is 19.3 Å². The van der Waals surface area contributed by atoms with Gasteiger partial charge in [-0.3, -0.25) is 0 Å². The first kappa shape index (κ1) is 31.4. The van der Waals surface area contributed by atoms with E-state index in [2.05, 4.69) is 196 Å². The molecule has 0 amide bonds. The second kappa shape index (κ2) is 11.5. The zero-order chi connectivity index (χ0) is 37.1. The van der Waals surface area contributed by atoms with Crippen molar-refractivity contribution in [3.8, 4) is 44.5 Å². The lowest BCUT2D eigenvalue weighted by Crippen LogP contribution is -2.15. The maximum absolute atomic E-state index is 6.78. The van der Waals surface area contributed by atoms with Gasteiger partial charge in [-0.15, -0.1) is 0 Å². The van der Waals surface area contributed by atoms with E-state index in [1.165, 1.54) is 109 Å². The molecular weight excluding hydrogens is 677 g/mol. The molecule has 0 saturated carbocycles. The van der Waals surface area contributed by atoms with Crippen LogP contribution in [0.1, 0.15) is 25.0 Å². The molecule has 262 valence electrons. The van der Waals surface area contributed by atoms with Crippen LogP contribution in [-0.4, -0.2) is 0 Å². The molecule has 10 aromatic carbocycles. The summed E-state index contributed by atoms with van der Waals surface area (Å²) in [7, 11) is 0. The summed E-state index contributed by atoms with van der Waals surface area (Å²) in [6, 6.07) is 67.1. The molecule has 0 saturated heterocycles. The highest BCUT2D eigenvalue weighted by atomic mass is 16.3. The summed E-state index contributed by atoms with van der Waals surface area (Å²) in [6.45, 7) is 4.72. The van der Waals surface area contributed by atoms with Crippen LogP contribution in [0.4, 0.5) is 0 Å². The summed E-state index contributed by atoms with van der Waals surface area (Å²) in [4.78, 5) is 0. The molecule has 1 aliphatic carbocycles. The molecule has 0 spiro atoms.